The van der Waals surface area contributed by atoms with Crippen molar-refractivity contribution in [2.24, 2.45) is 5.10 Å². The van der Waals surface area contributed by atoms with E-state index in [0.717, 1.165) is 16.8 Å². The molecule has 30 heavy (non-hydrogen) atoms. The monoisotopic (exact) mass is 414 g/mol. The summed E-state index contributed by atoms with van der Waals surface area (Å²) in [4.78, 5) is 12.3. The molecule has 8 nitrogen and oxygen atoms in total. The molecule has 2 aromatic rings. The fourth-order valence-corrected chi connectivity index (χ4v) is 3.54. The number of hydrazone groups is 1. The molecule has 0 saturated heterocycles. The number of amides is 1. The Hall–Kier alpha value is -3.42. The summed E-state index contributed by atoms with van der Waals surface area (Å²) in [6.45, 7) is 1.50. The third-order valence-corrected chi connectivity index (χ3v) is 5.02. The van der Waals surface area contributed by atoms with E-state index in [-0.39, 0.29) is 11.9 Å². The first-order valence-electron chi connectivity index (χ1n) is 9.36. The van der Waals surface area contributed by atoms with Crippen LogP contribution >= 0.6 is 0 Å². The molecule has 0 radical (unpaired) electrons. The van der Waals surface area contributed by atoms with E-state index in [4.69, 9.17) is 23.7 Å². The lowest BCUT2D eigenvalue weighted by Crippen LogP contribution is -2.24. The molecule has 1 unspecified atom stereocenters. The van der Waals surface area contributed by atoms with E-state index in [9.17, 15) is 4.79 Å². The molecule has 1 amide bonds. The zero-order chi connectivity index (χ0) is 21.8. The minimum atomic E-state index is -0.267. The Morgan fingerprint density at radius 1 is 0.867 bits per heavy atom. The van der Waals surface area contributed by atoms with Crippen LogP contribution in [0.15, 0.2) is 35.4 Å². The second kappa shape index (κ2) is 8.94. The van der Waals surface area contributed by atoms with Gasteiger partial charge in [0.2, 0.25) is 11.7 Å². The molecular formula is C22H26N2O6. The average Bonchev–Trinajstić information content (AvgIpc) is 3.23. The quantitative estimate of drug-likeness (QED) is 0.691. The second-order valence-electron chi connectivity index (χ2n) is 6.66. The summed E-state index contributed by atoms with van der Waals surface area (Å²) in [5.41, 5.74) is 2.43. The Kier molecular flexibility index (Phi) is 6.34. The van der Waals surface area contributed by atoms with E-state index in [1.165, 1.54) is 11.9 Å². The van der Waals surface area contributed by atoms with Gasteiger partial charge in [-0.05, 0) is 29.8 Å². The minimum Gasteiger partial charge on any atom is -0.493 e. The van der Waals surface area contributed by atoms with Crippen molar-refractivity contribution in [3.8, 4) is 28.7 Å². The fourth-order valence-electron chi connectivity index (χ4n) is 3.54. The fraction of sp³-hybridized carbons (Fsp3) is 0.364. The van der Waals surface area contributed by atoms with Gasteiger partial charge in [-0.25, -0.2) is 5.01 Å². The van der Waals surface area contributed by atoms with E-state index < -0.39 is 0 Å². The summed E-state index contributed by atoms with van der Waals surface area (Å²) in [6, 6.07) is 8.99. The van der Waals surface area contributed by atoms with Crippen molar-refractivity contribution in [2.75, 3.05) is 35.5 Å². The molecule has 0 aliphatic carbocycles. The number of methoxy groups -OCH3 is 5. The van der Waals surface area contributed by atoms with Crippen molar-refractivity contribution < 1.29 is 28.5 Å². The summed E-state index contributed by atoms with van der Waals surface area (Å²) in [6.07, 6.45) is 0.522. The van der Waals surface area contributed by atoms with Crippen LogP contribution in [0.5, 0.6) is 28.7 Å². The number of benzene rings is 2. The molecule has 3 rings (SSSR count). The van der Waals surface area contributed by atoms with Gasteiger partial charge in [0.1, 0.15) is 0 Å². The van der Waals surface area contributed by atoms with Crippen LogP contribution in [0.1, 0.15) is 30.5 Å². The molecule has 0 N–H and O–H groups in total. The van der Waals surface area contributed by atoms with Crippen molar-refractivity contribution in [2.45, 2.75) is 19.4 Å². The van der Waals surface area contributed by atoms with Gasteiger partial charge in [-0.2, -0.15) is 5.10 Å². The number of carbonyl (C=O) groups excluding carboxylic acids is 1. The summed E-state index contributed by atoms with van der Waals surface area (Å²) in [5, 5.41) is 6.08. The lowest BCUT2D eigenvalue weighted by Gasteiger charge is -2.21. The van der Waals surface area contributed by atoms with Gasteiger partial charge >= 0.3 is 0 Å². The average molecular weight is 414 g/mol. The Morgan fingerprint density at radius 3 is 1.97 bits per heavy atom. The Balaban J connectivity index is 2.02. The van der Waals surface area contributed by atoms with Crippen molar-refractivity contribution in [3.63, 3.8) is 0 Å². The van der Waals surface area contributed by atoms with Crippen molar-refractivity contribution >= 4 is 11.6 Å². The first kappa shape index (κ1) is 21.3. The topological polar surface area (TPSA) is 78.8 Å². The standard InChI is InChI=1S/C22H26N2O6/c1-13(25)24-17(14-7-8-18(26-2)19(9-14)27-3)12-16(23-24)15-10-20(28-4)22(30-6)21(11-15)29-5/h7-11,17H,12H2,1-6H3. The highest BCUT2D eigenvalue weighted by Crippen LogP contribution is 2.41. The van der Waals surface area contributed by atoms with Crippen molar-refractivity contribution in [3.05, 3.63) is 41.5 Å². The largest absolute Gasteiger partial charge is 0.493 e. The number of hydrogen-bond acceptors (Lipinski definition) is 7. The van der Waals surface area contributed by atoms with Crippen LogP contribution in [0.25, 0.3) is 0 Å². The molecule has 1 heterocycles. The van der Waals surface area contributed by atoms with Gasteiger partial charge in [-0.3, -0.25) is 4.79 Å². The maximum absolute atomic E-state index is 12.3. The van der Waals surface area contributed by atoms with E-state index >= 15 is 0 Å². The number of nitrogens with zero attached hydrogens (tertiary/aromatic N) is 2. The second-order valence-corrected chi connectivity index (χ2v) is 6.66. The molecule has 1 aliphatic heterocycles. The third-order valence-electron chi connectivity index (χ3n) is 5.02. The maximum atomic E-state index is 12.3. The van der Waals surface area contributed by atoms with Crippen LogP contribution in [0.4, 0.5) is 0 Å². The molecule has 0 fully saturated rings. The van der Waals surface area contributed by atoms with Crippen LogP contribution in [0, 0.1) is 0 Å². The number of carbonyl (C=O) groups is 1. The first-order valence-corrected chi connectivity index (χ1v) is 9.36. The number of hydrogen-bond donors (Lipinski definition) is 0. The summed E-state index contributed by atoms with van der Waals surface area (Å²) >= 11 is 0. The van der Waals surface area contributed by atoms with Gasteiger partial charge in [-0.1, -0.05) is 6.07 Å². The van der Waals surface area contributed by atoms with Gasteiger partial charge < -0.3 is 23.7 Å². The lowest BCUT2D eigenvalue weighted by molar-refractivity contribution is -0.130. The zero-order valence-corrected chi connectivity index (χ0v) is 18.0. The number of rotatable bonds is 7. The summed E-state index contributed by atoms with van der Waals surface area (Å²) in [7, 11) is 7.84. The molecule has 0 spiro atoms. The smallest absolute Gasteiger partial charge is 0.240 e. The van der Waals surface area contributed by atoms with Gasteiger partial charge in [-0.15, -0.1) is 0 Å². The molecule has 8 heteroatoms. The highest BCUT2D eigenvalue weighted by Gasteiger charge is 2.32. The normalized spacial score (nSPS) is 15.5. The van der Waals surface area contributed by atoms with E-state index in [1.807, 2.05) is 30.3 Å². The van der Waals surface area contributed by atoms with Gasteiger partial charge in [0.15, 0.2) is 23.0 Å². The van der Waals surface area contributed by atoms with Crippen LogP contribution < -0.4 is 23.7 Å². The van der Waals surface area contributed by atoms with Crippen molar-refractivity contribution in [1.82, 2.24) is 5.01 Å². The Morgan fingerprint density at radius 2 is 1.47 bits per heavy atom. The van der Waals surface area contributed by atoms with Gasteiger partial charge in [0, 0.05) is 18.9 Å². The molecular weight excluding hydrogens is 388 g/mol. The highest BCUT2D eigenvalue weighted by molar-refractivity contribution is 6.04. The van der Waals surface area contributed by atoms with Crippen molar-refractivity contribution in [1.29, 1.82) is 0 Å². The van der Waals surface area contributed by atoms with Crippen LogP contribution in [0.3, 0.4) is 0 Å². The predicted octanol–water partition coefficient (Wildman–Crippen LogP) is 3.43. The molecule has 1 atom stereocenters. The molecule has 1 aliphatic rings. The number of ether oxygens (including phenoxy) is 5. The van der Waals surface area contributed by atoms with Gasteiger partial charge in [0.25, 0.3) is 0 Å². The van der Waals surface area contributed by atoms with Crippen LogP contribution in [-0.4, -0.2) is 52.2 Å². The predicted molar refractivity (Wildman–Crippen MR) is 112 cm³/mol. The maximum Gasteiger partial charge on any atom is 0.240 e. The zero-order valence-electron chi connectivity index (χ0n) is 18.0. The molecule has 0 aromatic heterocycles. The van der Waals surface area contributed by atoms with Crippen LogP contribution in [-0.2, 0) is 4.79 Å². The molecule has 2 aromatic carbocycles. The summed E-state index contributed by atoms with van der Waals surface area (Å²) in [5.74, 6) is 2.62. The third kappa shape index (κ3) is 3.85. The van der Waals surface area contributed by atoms with Crippen LogP contribution in [0.2, 0.25) is 0 Å². The SMILES string of the molecule is COc1ccc(C2CC(c3cc(OC)c(OC)c(OC)c3)=NN2C(C)=O)cc1OC. The minimum absolute atomic E-state index is 0.155. The van der Waals surface area contributed by atoms with E-state index in [2.05, 4.69) is 5.10 Å². The van der Waals surface area contributed by atoms with E-state index in [0.29, 0.717) is 35.2 Å². The molecule has 0 bridgehead atoms. The first-order chi connectivity index (χ1) is 14.5. The van der Waals surface area contributed by atoms with Gasteiger partial charge in [0.05, 0.1) is 47.3 Å². The summed E-state index contributed by atoms with van der Waals surface area (Å²) < 4.78 is 27.0. The Bertz CT molecular complexity index is 947. The molecule has 160 valence electrons. The highest BCUT2D eigenvalue weighted by atomic mass is 16.5. The lowest BCUT2D eigenvalue weighted by atomic mass is 9.97. The molecule has 0 saturated carbocycles. The Labute approximate surface area is 175 Å². The van der Waals surface area contributed by atoms with E-state index in [1.54, 1.807) is 35.5 Å².